The number of thiazole rings is 1. The molecule has 0 aliphatic carbocycles. The number of hydrogen-bond acceptors (Lipinski definition) is 5. The van der Waals surface area contributed by atoms with Crippen molar-refractivity contribution in [3.8, 4) is 5.75 Å². The van der Waals surface area contributed by atoms with E-state index < -0.39 is 6.10 Å². The summed E-state index contributed by atoms with van der Waals surface area (Å²) < 4.78 is 11.9. The predicted molar refractivity (Wildman–Crippen MR) is 105 cm³/mol. The third kappa shape index (κ3) is 3.71. The zero-order chi connectivity index (χ0) is 18.5. The molecule has 6 heteroatoms. The van der Waals surface area contributed by atoms with Gasteiger partial charge < -0.3 is 9.47 Å². The summed E-state index contributed by atoms with van der Waals surface area (Å²) >= 11 is 1.49. The molecule has 0 N–H and O–H groups in total. The SMILES string of the molecule is CCOc1ccc(N(C(=O)C(CC)OC)c2nc3ccccc3s2)cc1. The van der Waals surface area contributed by atoms with Crippen LogP contribution in [0.1, 0.15) is 20.3 Å². The first kappa shape index (κ1) is 18.4. The number of nitrogens with zero attached hydrogens (tertiary/aromatic N) is 2. The normalized spacial score (nSPS) is 12.1. The van der Waals surface area contributed by atoms with Crippen LogP contribution in [0.5, 0.6) is 5.75 Å². The van der Waals surface area contributed by atoms with E-state index >= 15 is 0 Å². The highest BCUT2D eigenvalue weighted by molar-refractivity contribution is 7.22. The molecule has 1 aromatic heterocycles. The third-order valence-electron chi connectivity index (χ3n) is 4.03. The van der Waals surface area contributed by atoms with Gasteiger partial charge in [-0.25, -0.2) is 4.98 Å². The summed E-state index contributed by atoms with van der Waals surface area (Å²) in [6.07, 6.45) is 0.0712. The summed E-state index contributed by atoms with van der Waals surface area (Å²) in [4.78, 5) is 19.4. The van der Waals surface area contributed by atoms with E-state index in [0.29, 0.717) is 18.2 Å². The molecule has 3 rings (SSSR count). The Morgan fingerprint density at radius 2 is 1.88 bits per heavy atom. The van der Waals surface area contributed by atoms with Gasteiger partial charge in [-0.15, -0.1) is 0 Å². The lowest BCUT2D eigenvalue weighted by molar-refractivity contribution is -0.127. The lowest BCUT2D eigenvalue weighted by Crippen LogP contribution is -2.36. The Kier molecular flexibility index (Phi) is 5.85. The summed E-state index contributed by atoms with van der Waals surface area (Å²) in [6.45, 7) is 4.47. The first-order valence-corrected chi connectivity index (χ1v) is 9.44. The molecule has 1 unspecified atom stereocenters. The summed E-state index contributed by atoms with van der Waals surface area (Å²) in [5, 5.41) is 0.635. The number of fused-ring (bicyclic) bond motifs is 1. The number of methoxy groups -OCH3 is 1. The van der Waals surface area contributed by atoms with Crippen molar-refractivity contribution >= 4 is 38.3 Å². The number of rotatable bonds is 7. The molecule has 0 spiro atoms. The number of benzene rings is 2. The van der Waals surface area contributed by atoms with Crippen molar-refractivity contribution in [2.45, 2.75) is 26.4 Å². The first-order chi connectivity index (χ1) is 12.7. The molecule has 5 nitrogen and oxygen atoms in total. The van der Waals surface area contributed by atoms with E-state index in [-0.39, 0.29) is 5.91 Å². The Morgan fingerprint density at radius 3 is 2.50 bits per heavy atom. The van der Waals surface area contributed by atoms with Crippen LogP contribution in [0.4, 0.5) is 10.8 Å². The predicted octanol–water partition coefficient (Wildman–Crippen LogP) is 4.78. The van der Waals surface area contributed by atoms with Gasteiger partial charge in [0.2, 0.25) is 0 Å². The van der Waals surface area contributed by atoms with Crippen molar-refractivity contribution in [2.75, 3.05) is 18.6 Å². The molecule has 0 saturated carbocycles. The van der Waals surface area contributed by atoms with Gasteiger partial charge in [0.25, 0.3) is 5.91 Å². The monoisotopic (exact) mass is 370 g/mol. The van der Waals surface area contributed by atoms with Crippen LogP contribution < -0.4 is 9.64 Å². The maximum atomic E-state index is 13.1. The zero-order valence-corrected chi connectivity index (χ0v) is 16.0. The standard InChI is InChI=1S/C20H22N2O3S/c1-4-17(24-3)19(23)22(14-10-12-15(13-11-14)25-5-2)20-21-16-8-6-7-9-18(16)26-20/h6-13,17H,4-5H2,1-3H3. The minimum atomic E-state index is -0.520. The maximum Gasteiger partial charge on any atom is 0.262 e. The number of hydrogen-bond donors (Lipinski definition) is 0. The second-order valence-electron chi connectivity index (χ2n) is 5.70. The molecule has 1 atom stereocenters. The molecule has 3 aromatic rings. The third-order valence-corrected chi connectivity index (χ3v) is 5.05. The van der Waals surface area contributed by atoms with Crippen molar-refractivity contribution in [3.63, 3.8) is 0 Å². The fourth-order valence-corrected chi connectivity index (χ4v) is 3.72. The van der Waals surface area contributed by atoms with Gasteiger partial charge >= 0.3 is 0 Å². The molecule has 0 aliphatic heterocycles. The van der Waals surface area contributed by atoms with E-state index in [1.54, 1.807) is 12.0 Å². The molecule has 26 heavy (non-hydrogen) atoms. The molecule has 136 valence electrons. The number of aromatic nitrogens is 1. The molecule has 0 fully saturated rings. The molecule has 0 saturated heterocycles. The van der Waals surface area contributed by atoms with E-state index in [1.165, 1.54) is 11.3 Å². The molecule has 0 bridgehead atoms. The fraction of sp³-hybridized carbons (Fsp3) is 0.300. The summed E-state index contributed by atoms with van der Waals surface area (Å²) in [5.74, 6) is 0.643. The van der Waals surface area contributed by atoms with Crippen LogP contribution >= 0.6 is 11.3 Å². The molecule has 0 aliphatic rings. The molecule has 1 amide bonds. The van der Waals surface area contributed by atoms with Crippen molar-refractivity contribution < 1.29 is 14.3 Å². The van der Waals surface area contributed by atoms with Crippen LogP contribution in [0.2, 0.25) is 0 Å². The first-order valence-electron chi connectivity index (χ1n) is 8.63. The molecular formula is C20H22N2O3S. The largest absolute Gasteiger partial charge is 0.494 e. The maximum absolute atomic E-state index is 13.1. The van der Waals surface area contributed by atoms with Crippen LogP contribution in [0.15, 0.2) is 48.5 Å². The Morgan fingerprint density at radius 1 is 1.15 bits per heavy atom. The molecular weight excluding hydrogens is 348 g/mol. The van der Waals surface area contributed by atoms with Gasteiger partial charge in [0.15, 0.2) is 5.13 Å². The highest BCUT2D eigenvalue weighted by atomic mass is 32.1. The average Bonchev–Trinajstić information content (AvgIpc) is 3.08. The number of carbonyl (C=O) groups is 1. The van der Waals surface area contributed by atoms with E-state index in [9.17, 15) is 4.79 Å². The van der Waals surface area contributed by atoms with E-state index in [4.69, 9.17) is 9.47 Å². The van der Waals surface area contributed by atoms with Crippen LogP contribution in [0.3, 0.4) is 0 Å². The molecule has 2 aromatic carbocycles. The lowest BCUT2D eigenvalue weighted by Gasteiger charge is -2.24. The number of ether oxygens (including phenoxy) is 2. The summed E-state index contributed by atoms with van der Waals surface area (Å²) in [7, 11) is 1.56. The lowest BCUT2D eigenvalue weighted by atomic mass is 10.2. The van der Waals surface area contributed by atoms with Crippen molar-refractivity contribution in [1.82, 2.24) is 4.98 Å². The van der Waals surface area contributed by atoms with E-state index in [2.05, 4.69) is 4.98 Å². The van der Waals surface area contributed by atoms with Crippen LogP contribution in [0.25, 0.3) is 10.2 Å². The smallest absolute Gasteiger partial charge is 0.262 e. The Balaban J connectivity index is 2.04. The van der Waals surface area contributed by atoms with Gasteiger partial charge in [0.1, 0.15) is 11.9 Å². The van der Waals surface area contributed by atoms with Crippen LogP contribution in [-0.4, -0.2) is 30.7 Å². The van der Waals surface area contributed by atoms with E-state index in [1.807, 2.05) is 62.4 Å². The van der Waals surface area contributed by atoms with Gasteiger partial charge in [-0.2, -0.15) is 0 Å². The number of amides is 1. The van der Waals surface area contributed by atoms with Crippen LogP contribution in [-0.2, 0) is 9.53 Å². The van der Waals surface area contributed by atoms with Crippen molar-refractivity contribution in [3.05, 3.63) is 48.5 Å². The Labute approximate surface area is 157 Å². The second kappa shape index (κ2) is 8.29. The highest BCUT2D eigenvalue weighted by Gasteiger charge is 2.28. The zero-order valence-electron chi connectivity index (χ0n) is 15.1. The summed E-state index contributed by atoms with van der Waals surface area (Å²) in [6, 6.07) is 15.3. The van der Waals surface area contributed by atoms with Crippen molar-refractivity contribution in [2.24, 2.45) is 0 Å². The van der Waals surface area contributed by atoms with Gasteiger partial charge in [-0.05, 0) is 49.7 Å². The van der Waals surface area contributed by atoms with Crippen LogP contribution in [0, 0.1) is 0 Å². The Hall–Kier alpha value is -2.44. The fourth-order valence-electron chi connectivity index (χ4n) is 2.73. The minimum Gasteiger partial charge on any atom is -0.494 e. The van der Waals surface area contributed by atoms with E-state index in [0.717, 1.165) is 21.7 Å². The Bertz CT molecular complexity index is 839. The summed E-state index contributed by atoms with van der Waals surface area (Å²) in [5.41, 5.74) is 1.62. The van der Waals surface area contributed by atoms with Crippen molar-refractivity contribution in [1.29, 1.82) is 0 Å². The number of anilines is 2. The van der Waals surface area contributed by atoms with Gasteiger partial charge in [-0.3, -0.25) is 9.69 Å². The topological polar surface area (TPSA) is 51.7 Å². The quantitative estimate of drug-likeness (QED) is 0.600. The minimum absolute atomic E-state index is 0.127. The molecule has 1 heterocycles. The highest BCUT2D eigenvalue weighted by Crippen LogP contribution is 2.35. The second-order valence-corrected chi connectivity index (χ2v) is 6.71. The van der Waals surface area contributed by atoms with Gasteiger partial charge in [0, 0.05) is 7.11 Å². The number of para-hydroxylation sites is 1. The number of carbonyl (C=O) groups excluding carboxylic acids is 1. The van der Waals surface area contributed by atoms with Gasteiger partial charge in [0.05, 0.1) is 22.5 Å². The average molecular weight is 370 g/mol. The molecule has 0 radical (unpaired) electrons. The van der Waals surface area contributed by atoms with Gasteiger partial charge in [-0.1, -0.05) is 30.4 Å².